The van der Waals surface area contributed by atoms with Crippen molar-refractivity contribution in [1.82, 2.24) is 15.1 Å². The molecule has 0 spiro atoms. The Hall–Kier alpha value is -3.27. The number of halogens is 4. The van der Waals surface area contributed by atoms with Gasteiger partial charge in [-0.05, 0) is 43.5 Å². The van der Waals surface area contributed by atoms with Crippen molar-refractivity contribution in [2.45, 2.75) is 31.0 Å². The molecule has 0 saturated heterocycles. The minimum atomic E-state index is -4.88. The van der Waals surface area contributed by atoms with Crippen molar-refractivity contribution < 1.29 is 32.6 Å². The summed E-state index contributed by atoms with van der Waals surface area (Å²) in [6, 6.07) is 5.94. The zero-order chi connectivity index (χ0) is 24.0. The number of carbonyl (C=O) groups is 2. The van der Waals surface area contributed by atoms with Gasteiger partial charge in [0.2, 0.25) is 5.88 Å². The molecule has 11 heteroatoms. The van der Waals surface area contributed by atoms with Gasteiger partial charge >= 0.3 is 12.1 Å². The highest BCUT2D eigenvalue weighted by molar-refractivity contribution is 6.30. The minimum absolute atomic E-state index is 0.138. The van der Waals surface area contributed by atoms with Crippen molar-refractivity contribution in [2.75, 3.05) is 0 Å². The Morgan fingerprint density at radius 1 is 1.27 bits per heavy atom. The van der Waals surface area contributed by atoms with Crippen LogP contribution < -0.4 is 10.1 Å². The van der Waals surface area contributed by atoms with Crippen LogP contribution in [-0.2, 0) is 18.0 Å². The zero-order valence-corrected chi connectivity index (χ0v) is 18.1. The molecular weight excluding hydrogens is 463 g/mol. The summed E-state index contributed by atoms with van der Waals surface area (Å²) in [6.45, 7) is 0. The number of rotatable bonds is 6. The highest BCUT2D eigenvalue weighted by Crippen LogP contribution is 2.47. The Labute approximate surface area is 191 Å². The number of nitrogens with zero attached hydrogens (tertiary/aromatic N) is 2. The monoisotopic (exact) mass is 481 g/mol. The second-order valence-corrected chi connectivity index (χ2v) is 8.42. The van der Waals surface area contributed by atoms with Crippen LogP contribution in [0.3, 0.4) is 0 Å². The van der Waals surface area contributed by atoms with Gasteiger partial charge in [0.15, 0.2) is 5.69 Å². The van der Waals surface area contributed by atoms with Crippen molar-refractivity contribution >= 4 is 23.5 Å². The first kappa shape index (κ1) is 22.9. The molecule has 1 aromatic heterocycles. The third kappa shape index (κ3) is 4.61. The number of aromatic nitrogens is 2. The van der Waals surface area contributed by atoms with Crippen LogP contribution in [0.1, 0.15) is 35.3 Å². The summed E-state index contributed by atoms with van der Waals surface area (Å²) in [4.78, 5) is 24.3. The fourth-order valence-corrected chi connectivity index (χ4v) is 3.97. The maximum Gasteiger partial charge on any atom is 0.436 e. The van der Waals surface area contributed by atoms with E-state index in [4.69, 9.17) is 21.4 Å². The summed E-state index contributed by atoms with van der Waals surface area (Å²) < 4.78 is 47.6. The fourth-order valence-electron chi connectivity index (χ4n) is 3.84. The predicted octanol–water partition coefficient (Wildman–Crippen LogP) is 4.73. The number of amides is 1. The van der Waals surface area contributed by atoms with Gasteiger partial charge in [0.05, 0.1) is 5.57 Å². The summed E-state index contributed by atoms with van der Waals surface area (Å²) in [5, 5.41) is 15.7. The molecule has 2 aliphatic rings. The molecular formula is C22H19ClF3N3O4. The molecule has 0 bridgehead atoms. The molecule has 0 aliphatic heterocycles. The number of hydrogen-bond donors (Lipinski definition) is 2. The van der Waals surface area contributed by atoms with Crippen molar-refractivity contribution in [1.29, 1.82) is 0 Å². The van der Waals surface area contributed by atoms with Gasteiger partial charge in [-0.15, -0.1) is 0 Å². The molecule has 7 nitrogen and oxygen atoms in total. The quantitative estimate of drug-likeness (QED) is 0.622. The van der Waals surface area contributed by atoms with Gasteiger partial charge < -0.3 is 15.2 Å². The number of carbonyl (C=O) groups excluding carboxylic acids is 1. The van der Waals surface area contributed by atoms with E-state index in [9.17, 15) is 22.8 Å². The van der Waals surface area contributed by atoms with Crippen molar-refractivity contribution in [3.63, 3.8) is 0 Å². The normalized spacial score (nSPS) is 19.1. The lowest BCUT2D eigenvalue weighted by molar-refractivity contribution is -0.141. The molecule has 1 atom stereocenters. The minimum Gasteiger partial charge on any atom is -0.478 e. The van der Waals surface area contributed by atoms with Gasteiger partial charge in [-0.2, -0.15) is 18.3 Å². The second-order valence-electron chi connectivity index (χ2n) is 7.98. The van der Waals surface area contributed by atoms with E-state index in [0.29, 0.717) is 24.3 Å². The molecule has 1 aromatic carbocycles. The summed E-state index contributed by atoms with van der Waals surface area (Å²) in [5.41, 5.74) is -2.69. The lowest BCUT2D eigenvalue weighted by Crippen LogP contribution is -2.43. The average Bonchev–Trinajstić information content (AvgIpc) is 3.45. The molecule has 2 N–H and O–H groups in total. The van der Waals surface area contributed by atoms with Gasteiger partial charge in [0.25, 0.3) is 5.91 Å². The molecule has 4 rings (SSSR count). The Morgan fingerprint density at radius 3 is 2.45 bits per heavy atom. The number of allylic oxidation sites excluding steroid dienone is 1. The number of hydrogen-bond acceptors (Lipinski definition) is 4. The van der Waals surface area contributed by atoms with Crippen molar-refractivity contribution in [3.05, 3.63) is 64.3 Å². The van der Waals surface area contributed by atoms with E-state index in [1.54, 1.807) is 12.2 Å². The second kappa shape index (κ2) is 8.26. The Kier molecular flexibility index (Phi) is 5.73. The predicted molar refractivity (Wildman–Crippen MR) is 112 cm³/mol. The number of ether oxygens (including phenoxy) is 1. The van der Waals surface area contributed by atoms with Gasteiger partial charge in [-0.1, -0.05) is 29.8 Å². The smallest absolute Gasteiger partial charge is 0.436 e. The molecule has 33 heavy (non-hydrogen) atoms. The molecule has 0 radical (unpaired) electrons. The van der Waals surface area contributed by atoms with Gasteiger partial charge in [0.1, 0.15) is 11.3 Å². The van der Waals surface area contributed by atoms with E-state index in [1.807, 2.05) is 0 Å². The largest absolute Gasteiger partial charge is 0.478 e. The Morgan fingerprint density at radius 2 is 1.94 bits per heavy atom. The molecule has 1 saturated carbocycles. The molecule has 1 heterocycles. The standard InChI is InChI=1S/C22H19ClF3N3O4/c1-29-19(33-15-8-6-14(23)7-9-15)16(17(28-29)22(24,25)26)18(30)27-21(10-11-21)13-4-2-12(3-5-13)20(31)32/h2-4,6-9,13H,5,10-11H2,1H3,(H,27,30)(H,31,32). The lowest BCUT2D eigenvalue weighted by Gasteiger charge is -2.27. The third-order valence-electron chi connectivity index (χ3n) is 5.73. The van der Waals surface area contributed by atoms with E-state index >= 15 is 0 Å². The molecule has 1 unspecified atom stereocenters. The van der Waals surface area contributed by atoms with Crippen LogP contribution in [0, 0.1) is 5.92 Å². The van der Waals surface area contributed by atoms with Crippen LogP contribution in [0.15, 0.2) is 48.1 Å². The number of aliphatic carboxylic acids is 1. The Balaban J connectivity index is 1.63. The molecule has 1 amide bonds. The number of aryl methyl sites for hydroxylation is 1. The number of carboxylic acid groups (broad SMARTS) is 1. The van der Waals surface area contributed by atoms with Crippen LogP contribution in [0.2, 0.25) is 5.02 Å². The summed E-state index contributed by atoms with van der Waals surface area (Å²) in [5.74, 6) is -2.43. The van der Waals surface area contributed by atoms with Crippen LogP contribution in [0.4, 0.5) is 13.2 Å². The van der Waals surface area contributed by atoms with Crippen LogP contribution >= 0.6 is 11.6 Å². The maximum atomic E-state index is 13.7. The molecule has 174 valence electrons. The lowest BCUT2D eigenvalue weighted by atomic mass is 9.88. The maximum absolute atomic E-state index is 13.7. The Bertz CT molecular complexity index is 1160. The van der Waals surface area contributed by atoms with Crippen molar-refractivity contribution in [2.24, 2.45) is 13.0 Å². The number of nitrogens with one attached hydrogen (secondary N) is 1. The number of benzene rings is 1. The molecule has 1 fully saturated rings. The topological polar surface area (TPSA) is 93.5 Å². The van der Waals surface area contributed by atoms with Crippen LogP contribution in [0.25, 0.3) is 0 Å². The SMILES string of the molecule is Cn1nc(C(F)(F)F)c(C(=O)NC2(C3C=CC(C(=O)O)=CC3)CC2)c1Oc1ccc(Cl)cc1. The molecule has 2 aliphatic carbocycles. The van der Waals surface area contributed by atoms with E-state index in [1.165, 1.54) is 37.4 Å². The zero-order valence-electron chi connectivity index (χ0n) is 17.3. The first-order valence-corrected chi connectivity index (χ1v) is 10.4. The number of alkyl halides is 3. The molecule has 2 aromatic rings. The van der Waals surface area contributed by atoms with Crippen molar-refractivity contribution in [3.8, 4) is 11.6 Å². The highest BCUT2D eigenvalue weighted by atomic mass is 35.5. The number of carboxylic acids is 1. The van der Waals surface area contributed by atoms with E-state index in [-0.39, 0.29) is 23.1 Å². The van der Waals surface area contributed by atoms with Gasteiger partial charge in [-0.25, -0.2) is 9.48 Å². The summed E-state index contributed by atoms with van der Waals surface area (Å²) in [7, 11) is 1.26. The van der Waals surface area contributed by atoms with E-state index in [2.05, 4.69) is 10.4 Å². The van der Waals surface area contributed by atoms with Gasteiger partial charge in [0, 0.05) is 23.5 Å². The van der Waals surface area contributed by atoms with E-state index < -0.39 is 34.8 Å². The summed E-state index contributed by atoms with van der Waals surface area (Å²) >= 11 is 5.84. The first-order valence-electron chi connectivity index (χ1n) is 10.0. The van der Waals surface area contributed by atoms with Crippen LogP contribution in [-0.4, -0.2) is 32.3 Å². The summed E-state index contributed by atoms with van der Waals surface area (Å²) in [6.07, 6.45) is 1.24. The third-order valence-corrected chi connectivity index (χ3v) is 5.98. The van der Waals surface area contributed by atoms with Crippen LogP contribution in [0.5, 0.6) is 11.6 Å². The highest BCUT2D eigenvalue weighted by Gasteiger charge is 2.51. The van der Waals surface area contributed by atoms with Gasteiger partial charge in [-0.3, -0.25) is 4.79 Å². The first-order chi connectivity index (χ1) is 15.5. The fraction of sp³-hybridized carbons (Fsp3) is 0.318. The van der Waals surface area contributed by atoms with E-state index in [0.717, 1.165) is 4.68 Å². The average molecular weight is 482 g/mol.